The summed E-state index contributed by atoms with van der Waals surface area (Å²) in [4.78, 5) is 10.6. The van der Waals surface area contributed by atoms with Gasteiger partial charge in [-0.3, -0.25) is 4.79 Å². The Balaban J connectivity index is 2.15. The normalized spacial score (nSPS) is 28.8. The van der Waals surface area contributed by atoms with Crippen LogP contribution in [0.5, 0.6) is 0 Å². The molecule has 2 atom stereocenters. The molecule has 1 saturated carbocycles. The predicted molar refractivity (Wildman–Crippen MR) is 46.6 cm³/mol. The van der Waals surface area contributed by atoms with Crippen molar-refractivity contribution in [2.24, 2.45) is 11.8 Å². The smallest absolute Gasteiger partial charge is 0.216 e. The van der Waals surface area contributed by atoms with Crippen molar-refractivity contribution in [1.29, 1.82) is 0 Å². The third kappa shape index (κ3) is 2.81. The first-order valence-corrected chi connectivity index (χ1v) is 4.57. The van der Waals surface area contributed by atoms with Crippen molar-refractivity contribution in [3.05, 3.63) is 0 Å². The Bertz CT molecular complexity index is 159. The first-order chi connectivity index (χ1) is 5.72. The number of hydrogen-bond acceptors (Lipinski definition) is 2. The molecule has 3 heteroatoms. The fourth-order valence-electron chi connectivity index (χ4n) is 1.82. The number of carbonyl (C=O) groups excluding carboxylic acids is 1. The van der Waals surface area contributed by atoms with E-state index in [0.29, 0.717) is 18.4 Å². The highest BCUT2D eigenvalue weighted by Gasteiger charge is 2.23. The van der Waals surface area contributed by atoms with Gasteiger partial charge >= 0.3 is 0 Å². The number of nitrogens with one attached hydrogen (secondary N) is 1. The van der Waals surface area contributed by atoms with Crippen LogP contribution in [-0.4, -0.2) is 24.2 Å². The molecule has 0 radical (unpaired) electrons. The van der Waals surface area contributed by atoms with Crippen LogP contribution in [0.15, 0.2) is 0 Å². The highest BCUT2D eigenvalue weighted by molar-refractivity contribution is 5.72. The van der Waals surface area contributed by atoms with Crippen LogP contribution in [0, 0.1) is 11.8 Å². The number of amides is 1. The summed E-state index contributed by atoms with van der Waals surface area (Å²) < 4.78 is 0. The zero-order valence-electron chi connectivity index (χ0n) is 7.55. The molecular formula is C9H17NO2. The van der Waals surface area contributed by atoms with Gasteiger partial charge in [-0.2, -0.15) is 0 Å². The summed E-state index contributed by atoms with van der Waals surface area (Å²) in [7, 11) is 0. The van der Waals surface area contributed by atoms with Gasteiger partial charge < -0.3 is 10.4 Å². The summed E-state index contributed by atoms with van der Waals surface area (Å²) in [5.41, 5.74) is 0. The van der Waals surface area contributed by atoms with E-state index in [9.17, 15) is 4.79 Å². The zero-order chi connectivity index (χ0) is 8.97. The summed E-state index contributed by atoms with van der Waals surface area (Å²) >= 11 is 0. The summed E-state index contributed by atoms with van der Waals surface area (Å²) in [6.45, 7) is 2.63. The molecule has 12 heavy (non-hydrogen) atoms. The Morgan fingerprint density at radius 1 is 1.50 bits per heavy atom. The maximum absolute atomic E-state index is 10.6. The van der Waals surface area contributed by atoms with Crippen molar-refractivity contribution in [2.45, 2.75) is 26.2 Å². The third-order valence-corrected chi connectivity index (χ3v) is 2.55. The quantitative estimate of drug-likeness (QED) is 0.650. The van der Waals surface area contributed by atoms with Gasteiger partial charge in [-0.1, -0.05) is 0 Å². The maximum atomic E-state index is 10.6. The molecule has 1 aliphatic rings. The minimum absolute atomic E-state index is 0.0439. The molecule has 0 aliphatic heterocycles. The van der Waals surface area contributed by atoms with Crippen molar-refractivity contribution in [1.82, 2.24) is 5.32 Å². The van der Waals surface area contributed by atoms with E-state index in [1.54, 1.807) is 6.92 Å². The molecule has 1 amide bonds. The van der Waals surface area contributed by atoms with Gasteiger partial charge in [0.25, 0.3) is 0 Å². The van der Waals surface area contributed by atoms with Crippen molar-refractivity contribution < 1.29 is 9.90 Å². The van der Waals surface area contributed by atoms with Crippen LogP contribution in [0.4, 0.5) is 0 Å². The van der Waals surface area contributed by atoms with Gasteiger partial charge in [-0.25, -0.2) is 0 Å². The number of aliphatic hydroxyl groups is 1. The average molecular weight is 171 g/mol. The zero-order valence-corrected chi connectivity index (χ0v) is 7.55. The van der Waals surface area contributed by atoms with Gasteiger partial charge in [-0.05, 0) is 31.1 Å². The minimum atomic E-state index is 0.0439. The van der Waals surface area contributed by atoms with E-state index in [1.165, 1.54) is 0 Å². The van der Waals surface area contributed by atoms with Gasteiger partial charge in [0.2, 0.25) is 5.91 Å². The highest BCUT2D eigenvalue weighted by atomic mass is 16.3. The van der Waals surface area contributed by atoms with Gasteiger partial charge in [0.05, 0.1) is 0 Å². The Kier molecular flexibility index (Phi) is 3.53. The minimum Gasteiger partial charge on any atom is -0.396 e. The Morgan fingerprint density at radius 3 is 2.67 bits per heavy atom. The molecule has 0 spiro atoms. The third-order valence-electron chi connectivity index (χ3n) is 2.55. The monoisotopic (exact) mass is 171 g/mol. The Morgan fingerprint density at radius 2 is 2.17 bits per heavy atom. The molecule has 2 N–H and O–H groups in total. The van der Waals surface area contributed by atoms with Crippen LogP contribution in [0.2, 0.25) is 0 Å². The highest BCUT2D eigenvalue weighted by Crippen LogP contribution is 2.29. The standard InChI is InChI=1S/C9H17NO2/c1-7(12)10-5-8-2-3-9(4-8)6-11/h8-9,11H,2-6H2,1H3,(H,10,12). The fourth-order valence-corrected chi connectivity index (χ4v) is 1.82. The van der Waals surface area contributed by atoms with E-state index < -0.39 is 0 Å². The van der Waals surface area contributed by atoms with Crippen LogP contribution >= 0.6 is 0 Å². The van der Waals surface area contributed by atoms with Crippen molar-refractivity contribution in [3.8, 4) is 0 Å². The second-order valence-corrected chi connectivity index (χ2v) is 3.66. The molecule has 3 nitrogen and oxygen atoms in total. The number of rotatable bonds is 3. The van der Waals surface area contributed by atoms with Crippen molar-refractivity contribution in [2.75, 3.05) is 13.2 Å². The largest absolute Gasteiger partial charge is 0.396 e. The van der Waals surface area contributed by atoms with Crippen LogP contribution in [0.1, 0.15) is 26.2 Å². The first-order valence-electron chi connectivity index (χ1n) is 4.57. The molecule has 1 fully saturated rings. The molecule has 0 aromatic carbocycles. The molecule has 0 bridgehead atoms. The lowest BCUT2D eigenvalue weighted by Crippen LogP contribution is -2.25. The lowest BCUT2D eigenvalue weighted by atomic mass is 10.1. The molecule has 70 valence electrons. The van der Waals surface area contributed by atoms with Gasteiger partial charge in [0.15, 0.2) is 0 Å². The van der Waals surface area contributed by atoms with Gasteiger partial charge in [-0.15, -0.1) is 0 Å². The topological polar surface area (TPSA) is 49.3 Å². The van der Waals surface area contributed by atoms with E-state index in [2.05, 4.69) is 5.32 Å². The molecule has 0 aromatic rings. The molecule has 1 rings (SSSR count). The fraction of sp³-hybridized carbons (Fsp3) is 0.889. The first kappa shape index (κ1) is 9.52. The average Bonchev–Trinajstić information content (AvgIpc) is 2.48. The van der Waals surface area contributed by atoms with E-state index >= 15 is 0 Å². The summed E-state index contributed by atoms with van der Waals surface area (Å²) in [6.07, 6.45) is 3.32. The molecule has 0 saturated heterocycles. The lowest BCUT2D eigenvalue weighted by Gasteiger charge is -2.09. The number of aliphatic hydroxyl groups excluding tert-OH is 1. The van der Waals surface area contributed by atoms with Crippen molar-refractivity contribution >= 4 is 5.91 Å². The molecule has 2 unspecified atom stereocenters. The second kappa shape index (κ2) is 4.45. The second-order valence-electron chi connectivity index (χ2n) is 3.66. The number of hydrogen-bond donors (Lipinski definition) is 2. The Hall–Kier alpha value is -0.570. The van der Waals surface area contributed by atoms with Crippen LogP contribution in [0.3, 0.4) is 0 Å². The van der Waals surface area contributed by atoms with Crippen LogP contribution in [0.25, 0.3) is 0 Å². The summed E-state index contributed by atoms with van der Waals surface area (Å²) in [5, 5.41) is 11.7. The predicted octanol–water partition coefficient (Wildman–Crippen LogP) is 0.531. The SMILES string of the molecule is CC(=O)NCC1CCC(CO)C1. The Labute approximate surface area is 73.2 Å². The van der Waals surface area contributed by atoms with Crippen LogP contribution in [-0.2, 0) is 4.79 Å². The van der Waals surface area contributed by atoms with E-state index in [-0.39, 0.29) is 5.91 Å². The molecule has 1 aliphatic carbocycles. The molecule has 0 aromatic heterocycles. The summed E-state index contributed by atoms with van der Waals surface area (Å²) in [5.74, 6) is 1.11. The van der Waals surface area contributed by atoms with Gasteiger partial charge in [0, 0.05) is 20.1 Å². The van der Waals surface area contributed by atoms with Crippen LogP contribution < -0.4 is 5.32 Å². The molecular weight excluding hydrogens is 154 g/mol. The van der Waals surface area contributed by atoms with E-state index in [1.807, 2.05) is 0 Å². The van der Waals surface area contributed by atoms with E-state index in [4.69, 9.17) is 5.11 Å². The van der Waals surface area contributed by atoms with Crippen molar-refractivity contribution in [3.63, 3.8) is 0 Å². The summed E-state index contributed by atoms with van der Waals surface area (Å²) in [6, 6.07) is 0. The van der Waals surface area contributed by atoms with Gasteiger partial charge in [0.1, 0.15) is 0 Å². The maximum Gasteiger partial charge on any atom is 0.216 e. The molecule has 0 heterocycles. The van der Waals surface area contributed by atoms with E-state index in [0.717, 1.165) is 25.8 Å². The number of carbonyl (C=O) groups is 1. The lowest BCUT2D eigenvalue weighted by molar-refractivity contribution is -0.119.